The van der Waals surface area contributed by atoms with Crippen LogP contribution >= 0.6 is 0 Å². The SMILES string of the molecule is CCC.NC(=O)CCC(=O)N=O. The lowest BCUT2D eigenvalue weighted by Gasteiger charge is -1.85. The smallest absolute Gasteiger partial charge is 0.286 e. The maximum Gasteiger partial charge on any atom is 0.286 e. The third kappa shape index (κ3) is 15.9. The third-order valence-corrected chi connectivity index (χ3v) is 0.687. The van der Waals surface area contributed by atoms with Crippen molar-refractivity contribution in [3.05, 3.63) is 4.91 Å². The van der Waals surface area contributed by atoms with Gasteiger partial charge in [0.05, 0.1) is 0 Å². The quantitative estimate of drug-likeness (QED) is 0.646. The highest BCUT2D eigenvalue weighted by atomic mass is 16.3. The summed E-state index contributed by atoms with van der Waals surface area (Å²) in [5.74, 6) is -1.44. The fraction of sp³-hybridized carbons (Fsp3) is 0.714. The van der Waals surface area contributed by atoms with Gasteiger partial charge in [0.1, 0.15) is 0 Å². The van der Waals surface area contributed by atoms with E-state index in [0.717, 1.165) is 0 Å². The number of hydrogen-bond donors (Lipinski definition) is 1. The van der Waals surface area contributed by atoms with Crippen LogP contribution in [0.1, 0.15) is 33.1 Å². The monoisotopic (exact) mass is 174 g/mol. The van der Waals surface area contributed by atoms with Crippen molar-refractivity contribution in [2.75, 3.05) is 0 Å². The van der Waals surface area contributed by atoms with Gasteiger partial charge in [0.25, 0.3) is 5.91 Å². The summed E-state index contributed by atoms with van der Waals surface area (Å²) in [4.78, 5) is 29.3. The zero-order valence-electron chi connectivity index (χ0n) is 7.37. The van der Waals surface area contributed by atoms with Crippen molar-refractivity contribution in [2.45, 2.75) is 33.1 Å². The first-order valence-corrected chi connectivity index (χ1v) is 3.72. The van der Waals surface area contributed by atoms with E-state index in [4.69, 9.17) is 0 Å². The number of rotatable bonds is 3. The molecule has 2 N–H and O–H groups in total. The molecule has 12 heavy (non-hydrogen) atoms. The van der Waals surface area contributed by atoms with E-state index < -0.39 is 11.8 Å². The van der Waals surface area contributed by atoms with Gasteiger partial charge in [-0.3, -0.25) is 9.59 Å². The van der Waals surface area contributed by atoms with Crippen molar-refractivity contribution in [2.24, 2.45) is 10.9 Å². The molecule has 0 rings (SSSR count). The van der Waals surface area contributed by atoms with Crippen LogP contribution in [0.4, 0.5) is 0 Å². The van der Waals surface area contributed by atoms with E-state index in [2.05, 4.69) is 24.8 Å². The van der Waals surface area contributed by atoms with Crippen molar-refractivity contribution in [1.29, 1.82) is 0 Å². The molecule has 0 aromatic heterocycles. The number of carbonyl (C=O) groups is 2. The van der Waals surface area contributed by atoms with Crippen molar-refractivity contribution in [3.8, 4) is 0 Å². The van der Waals surface area contributed by atoms with Gasteiger partial charge in [-0.1, -0.05) is 20.3 Å². The van der Waals surface area contributed by atoms with E-state index in [0.29, 0.717) is 0 Å². The fourth-order valence-corrected chi connectivity index (χ4v) is 0.276. The molecular weight excluding hydrogens is 160 g/mol. The summed E-state index contributed by atoms with van der Waals surface area (Å²) >= 11 is 0. The molecule has 0 heterocycles. The second-order valence-corrected chi connectivity index (χ2v) is 2.16. The summed E-state index contributed by atoms with van der Waals surface area (Å²) in [5, 5.41) is 2.06. The van der Waals surface area contributed by atoms with Gasteiger partial charge in [-0.25, -0.2) is 0 Å². The number of nitrogens with two attached hydrogens (primary N) is 1. The van der Waals surface area contributed by atoms with Gasteiger partial charge < -0.3 is 5.73 Å². The first kappa shape index (κ1) is 13.3. The van der Waals surface area contributed by atoms with Gasteiger partial charge in [0, 0.05) is 18.0 Å². The summed E-state index contributed by atoms with van der Waals surface area (Å²) in [6.45, 7) is 4.25. The van der Waals surface area contributed by atoms with Crippen LogP contribution < -0.4 is 5.73 Å². The number of primary amides is 1. The van der Waals surface area contributed by atoms with Crippen LogP contribution in [-0.2, 0) is 9.59 Å². The van der Waals surface area contributed by atoms with Crippen LogP contribution in [0.2, 0.25) is 0 Å². The Morgan fingerprint density at radius 1 is 1.25 bits per heavy atom. The average Bonchev–Trinajstić information content (AvgIpc) is 2.01. The Balaban J connectivity index is 0. The van der Waals surface area contributed by atoms with E-state index in [1.54, 1.807) is 0 Å². The number of carbonyl (C=O) groups excluding carboxylic acids is 2. The fourth-order valence-electron chi connectivity index (χ4n) is 0.276. The molecule has 0 aromatic rings. The topological polar surface area (TPSA) is 89.6 Å². The lowest BCUT2D eigenvalue weighted by atomic mass is 10.3. The molecular formula is C7H14N2O3. The number of nitrogens with zero attached hydrogens (tertiary/aromatic N) is 1. The van der Waals surface area contributed by atoms with Crippen molar-refractivity contribution < 1.29 is 9.59 Å². The minimum atomic E-state index is -0.839. The molecule has 0 aromatic carbocycles. The first-order valence-electron chi connectivity index (χ1n) is 3.72. The van der Waals surface area contributed by atoms with Gasteiger partial charge in [-0.2, -0.15) is 0 Å². The van der Waals surface area contributed by atoms with Crippen LogP contribution in [-0.4, -0.2) is 11.8 Å². The lowest BCUT2D eigenvalue weighted by molar-refractivity contribution is -0.123. The van der Waals surface area contributed by atoms with E-state index in [-0.39, 0.29) is 12.8 Å². The average molecular weight is 174 g/mol. The van der Waals surface area contributed by atoms with Crippen molar-refractivity contribution in [3.63, 3.8) is 0 Å². The molecule has 5 nitrogen and oxygen atoms in total. The van der Waals surface area contributed by atoms with Crippen LogP contribution in [0.3, 0.4) is 0 Å². The van der Waals surface area contributed by atoms with Crippen LogP contribution in [0.25, 0.3) is 0 Å². The summed E-state index contributed by atoms with van der Waals surface area (Å²) in [6.07, 6.45) is 0.962. The second-order valence-electron chi connectivity index (χ2n) is 2.16. The highest BCUT2D eigenvalue weighted by molar-refractivity contribution is 5.83. The Kier molecular flexibility index (Phi) is 10.8. The summed E-state index contributed by atoms with van der Waals surface area (Å²) < 4.78 is 0. The molecule has 0 saturated heterocycles. The Morgan fingerprint density at radius 3 is 1.92 bits per heavy atom. The van der Waals surface area contributed by atoms with E-state index in [9.17, 15) is 14.5 Å². The third-order valence-electron chi connectivity index (χ3n) is 0.687. The Bertz CT molecular complexity index is 157. The number of hydrogen-bond acceptors (Lipinski definition) is 3. The molecule has 0 radical (unpaired) electrons. The van der Waals surface area contributed by atoms with Crippen molar-refractivity contribution in [1.82, 2.24) is 0 Å². The van der Waals surface area contributed by atoms with Crippen LogP contribution in [0.15, 0.2) is 5.18 Å². The number of nitroso groups, excluding NO2 is 1. The van der Waals surface area contributed by atoms with Crippen LogP contribution in [0, 0.1) is 4.91 Å². The predicted molar refractivity (Wildman–Crippen MR) is 45.2 cm³/mol. The standard InChI is InChI=1S/C4H6N2O3.C3H8/c5-3(7)1-2-4(8)6-9;1-3-2/h1-2H2,(H2,5,7);3H2,1-2H3. The molecule has 2 amide bonds. The highest BCUT2D eigenvalue weighted by Crippen LogP contribution is 1.88. The maximum atomic E-state index is 10.0. The Morgan fingerprint density at radius 2 is 1.67 bits per heavy atom. The zero-order valence-corrected chi connectivity index (χ0v) is 7.37. The minimum Gasteiger partial charge on any atom is -0.370 e. The first-order chi connectivity index (χ1) is 5.58. The van der Waals surface area contributed by atoms with E-state index >= 15 is 0 Å². The van der Waals surface area contributed by atoms with Gasteiger partial charge in [0.2, 0.25) is 5.91 Å². The molecule has 0 spiro atoms. The Hall–Kier alpha value is -1.26. The molecule has 0 atom stereocenters. The molecule has 0 aliphatic carbocycles. The minimum absolute atomic E-state index is 0.107. The summed E-state index contributed by atoms with van der Waals surface area (Å²) in [6, 6.07) is 0. The molecule has 5 heteroatoms. The van der Waals surface area contributed by atoms with Gasteiger partial charge in [0.15, 0.2) is 0 Å². The molecule has 0 unspecified atom stereocenters. The van der Waals surface area contributed by atoms with E-state index in [1.165, 1.54) is 6.42 Å². The van der Waals surface area contributed by atoms with Gasteiger partial charge in [-0.15, -0.1) is 4.91 Å². The molecule has 0 bridgehead atoms. The summed E-state index contributed by atoms with van der Waals surface area (Å²) in [7, 11) is 0. The lowest BCUT2D eigenvalue weighted by Crippen LogP contribution is -2.11. The molecule has 0 aliphatic heterocycles. The van der Waals surface area contributed by atoms with Gasteiger partial charge in [-0.05, 0) is 0 Å². The summed E-state index contributed by atoms with van der Waals surface area (Å²) in [5.41, 5.74) is 4.66. The highest BCUT2D eigenvalue weighted by Gasteiger charge is 2.01. The second kappa shape index (κ2) is 9.74. The Labute approximate surface area is 71.3 Å². The van der Waals surface area contributed by atoms with Gasteiger partial charge >= 0.3 is 0 Å². The number of amides is 2. The molecule has 70 valence electrons. The van der Waals surface area contributed by atoms with E-state index in [1.807, 2.05) is 0 Å². The normalized spacial score (nSPS) is 7.83. The maximum absolute atomic E-state index is 10.0. The molecule has 0 aliphatic rings. The predicted octanol–water partition coefficient (Wildman–Crippen LogP) is 0.961. The molecule has 0 fully saturated rings. The largest absolute Gasteiger partial charge is 0.370 e. The molecule has 0 saturated carbocycles. The van der Waals surface area contributed by atoms with Crippen LogP contribution in [0.5, 0.6) is 0 Å². The van der Waals surface area contributed by atoms with Crippen molar-refractivity contribution >= 4 is 11.8 Å². The zero-order chi connectivity index (χ0) is 9.98.